The second kappa shape index (κ2) is 7.11. The van der Waals surface area contributed by atoms with Crippen LogP contribution in [0.4, 0.5) is 0 Å². The standard InChI is InChI=1S/C20H21N3O2S/c1-22-19(25)16-11-14-7-3-4-8-15(14)12-17(16)21-20(22)26-13-18(24)23-9-5-2-6-10-23/h3-4,7-8,11-12H,2,5-6,9-10,13H2,1H3. The van der Waals surface area contributed by atoms with Crippen molar-refractivity contribution in [3.63, 3.8) is 0 Å². The van der Waals surface area contributed by atoms with Crippen molar-refractivity contribution in [2.45, 2.75) is 24.4 Å². The molecule has 1 fully saturated rings. The SMILES string of the molecule is Cn1c(SCC(=O)N2CCCCC2)nc2cc3ccccc3cc2c1=O. The zero-order chi connectivity index (χ0) is 18.1. The molecule has 5 nitrogen and oxygen atoms in total. The molecule has 26 heavy (non-hydrogen) atoms. The van der Waals surface area contributed by atoms with E-state index in [9.17, 15) is 9.59 Å². The second-order valence-corrected chi connectivity index (χ2v) is 7.65. The molecule has 3 aromatic rings. The van der Waals surface area contributed by atoms with Gasteiger partial charge in [-0.25, -0.2) is 4.98 Å². The number of carbonyl (C=O) groups is 1. The molecule has 0 unspecified atom stereocenters. The van der Waals surface area contributed by atoms with E-state index in [1.807, 2.05) is 41.3 Å². The predicted molar refractivity (Wildman–Crippen MR) is 106 cm³/mol. The number of thioether (sulfide) groups is 1. The van der Waals surface area contributed by atoms with Crippen LogP contribution in [-0.2, 0) is 11.8 Å². The van der Waals surface area contributed by atoms with Gasteiger partial charge >= 0.3 is 0 Å². The zero-order valence-corrected chi connectivity index (χ0v) is 15.6. The molecule has 6 heteroatoms. The third-order valence-electron chi connectivity index (χ3n) is 4.94. The van der Waals surface area contributed by atoms with Crippen LogP contribution in [0.5, 0.6) is 0 Å². The van der Waals surface area contributed by atoms with Crippen molar-refractivity contribution in [2.24, 2.45) is 7.05 Å². The molecule has 1 saturated heterocycles. The number of amides is 1. The van der Waals surface area contributed by atoms with Crippen molar-refractivity contribution in [2.75, 3.05) is 18.8 Å². The molecule has 0 bridgehead atoms. The summed E-state index contributed by atoms with van der Waals surface area (Å²) in [6.07, 6.45) is 3.36. The van der Waals surface area contributed by atoms with Gasteiger partial charge in [-0.15, -0.1) is 0 Å². The molecule has 0 saturated carbocycles. The highest BCUT2D eigenvalue weighted by molar-refractivity contribution is 7.99. The maximum atomic E-state index is 12.8. The summed E-state index contributed by atoms with van der Waals surface area (Å²) < 4.78 is 1.55. The Hall–Kier alpha value is -2.34. The molecule has 0 aliphatic carbocycles. The number of fused-ring (bicyclic) bond motifs is 2. The van der Waals surface area contributed by atoms with E-state index in [0.717, 1.165) is 36.7 Å². The van der Waals surface area contributed by atoms with Crippen molar-refractivity contribution < 1.29 is 4.79 Å². The Morgan fingerprint density at radius 3 is 2.54 bits per heavy atom. The first kappa shape index (κ1) is 17.1. The number of carbonyl (C=O) groups excluding carboxylic acids is 1. The summed E-state index contributed by atoms with van der Waals surface area (Å²) in [5.41, 5.74) is 0.605. The van der Waals surface area contributed by atoms with Crippen LogP contribution in [0.15, 0.2) is 46.3 Å². The number of nitrogens with zero attached hydrogens (tertiary/aromatic N) is 3. The van der Waals surface area contributed by atoms with Crippen molar-refractivity contribution in [1.82, 2.24) is 14.5 Å². The first-order chi connectivity index (χ1) is 12.6. The number of hydrogen-bond acceptors (Lipinski definition) is 4. The molecule has 0 spiro atoms. The molecule has 2 heterocycles. The first-order valence-electron chi connectivity index (χ1n) is 8.93. The molecule has 0 atom stereocenters. The molecule has 4 rings (SSSR count). The lowest BCUT2D eigenvalue weighted by Gasteiger charge is -2.26. The van der Waals surface area contributed by atoms with Crippen LogP contribution in [0, 0.1) is 0 Å². The van der Waals surface area contributed by atoms with E-state index < -0.39 is 0 Å². The number of rotatable bonds is 3. The minimum atomic E-state index is -0.0753. The lowest BCUT2D eigenvalue weighted by Crippen LogP contribution is -2.36. The van der Waals surface area contributed by atoms with Crippen molar-refractivity contribution in [1.29, 1.82) is 0 Å². The summed E-state index contributed by atoms with van der Waals surface area (Å²) in [7, 11) is 1.72. The van der Waals surface area contributed by atoms with Gasteiger partial charge in [0.1, 0.15) is 0 Å². The zero-order valence-electron chi connectivity index (χ0n) is 14.8. The number of aromatic nitrogens is 2. The van der Waals surface area contributed by atoms with E-state index >= 15 is 0 Å². The van der Waals surface area contributed by atoms with Gasteiger partial charge in [0, 0.05) is 20.1 Å². The van der Waals surface area contributed by atoms with E-state index in [0.29, 0.717) is 21.8 Å². The van der Waals surface area contributed by atoms with Crippen LogP contribution < -0.4 is 5.56 Å². The van der Waals surface area contributed by atoms with E-state index in [-0.39, 0.29) is 11.5 Å². The highest BCUT2D eigenvalue weighted by Crippen LogP contribution is 2.22. The molecule has 1 aromatic heterocycles. The average Bonchev–Trinajstić information content (AvgIpc) is 2.69. The van der Waals surface area contributed by atoms with Crippen molar-refractivity contribution in [3.8, 4) is 0 Å². The van der Waals surface area contributed by atoms with Crippen LogP contribution in [0.2, 0.25) is 0 Å². The Morgan fingerprint density at radius 1 is 1.12 bits per heavy atom. The Balaban J connectivity index is 1.64. The van der Waals surface area contributed by atoms with Crippen LogP contribution in [0.25, 0.3) is 21.7 Å². The van der Waals surface area contributed by atoms with Crippen LogP contribution in [-0.4, -0.2) is 39.2 Å². The lowest BCUT2D eigenvalue weighted by molar-refractivity contribution is -0.129. The summed E-state index contributed by atoms with van der Waals surface area (Å²) in [6, 6.07) is 11.8. The molecule has 1 aliphatic rings. The molecule has 134 valence electrons. The first-order valence-corrected chi connectivity index (χ1v) is 9.92. The van der Waals surface area contributed by atoms with Gasteiger partial charge in [0.05, 0.1) is 16.7 Å². The largest absolute Gasteiger partial charge is 0.342 e. The molecule has 1 amide bonds. The summed E-state index contributed by atoms with van der Waals surface area (Å²) in [5.74, 6) is 0.446. The topological polar surface area (TPSA) is 55.2 Å². The van der Waals surface area contributed by atoms with Crippen molar-refractivity contribution in [3.05, 3.63) is 46.8 Å². The number of piperidine rings is 1. The number of hydrogen-bond donors (Lipinski definition) is 0. The fourth-order valence-corrected chi connectivity index (χ4v) is 4.30. The van der Waals surface area contributed by atoms with E-state index in [4.69, 9.17) is 0 Å². The van der Waals surface area contributed by atoms with Gasteiger partial charge in [-0.2, -0.15) is 0 Å². The van der Waals surface area contributed by atoms with Gasteiger partial charge in [0.2, 0.25) is 5.91 Å². The average molecular weight is 367 g/mol. The monoisotopic (exact) mass is 367 g/mol. The molecule has 0 radical (unpaired) electrons. The Morgan fingerprint density at radius 2 is 1.81 bits per heavy atom. The lowest BCUT2D eigenvalue weighted by atomic mass is 10.1. The Bertz CT molecular complexity index is 1040. The van der Waals surface area contributed by atoms with Crippen LogP contribution in [0.1, 0.15) is 19.3 Å². The third-order valence-corrected chi connectivity index (χ3v) is 5.95. The molecule has 2 aromatic carbocycles. The summed E-state index contributed by atoms with van der Waals surface area (Å²) in [6.45, 7) is 1.69. The van der Waals surface area contributed by atoms with Crippen molar-refractivity contribution >= 4 is 39.3 Å². The smallest absolute Gasteiger partial charge is 0.261 e. The van der Waals surface area contributed by atoms with Crippen LogP contribution >= 0.6 is 11.8 Å². The second-order valence-electron chi connectivity index (χ2n) is 6.71. The van der Waals surface area contributed by atoms with Gasteiger partial charge in [0.15, 0.2) is 5.16 Å². The van der Waals surface area contributed by atoms with Crippen LogP contribution in [0.3, 0.4) is 0 Å². The maximum Gasteiger partial charge on any atom is 0.261 e. The number of benzene rings is 2. The Labute approximate surface area is 156 Å². The molecule has 1 aliphatic heterocycles. The van der Waals surface area contributed by atoms with Gasteiger partial charge in [0.25, 0.3) is 5.56 Å². The van der Waals surface area contributed by atoms with Gasteiger partial charge < -0.3 is 4.90 Å². The highest BCUT2D eigenvalue weighted by Gasteiger charge is 2.18. The minimum absolute atomic E-state index is 0.0753. The minimum Gasteiger partial charge on any atom is -0.342 e. The summed E-state index contributed by atoms with van der Waals surface area (Å²) in [5, 5.41) is 3.28. The molecular weight excluding hydrogens is 346 g/mol. The van der Waals surface area contributed by atoms with Gasteiger partial charge in [-0.05, 0) is 42.2 Å². The number of likely N-dealkylation sites (tertiary alicyclic amines) is 1. The summed E-state index contributed by atoms with van der Waals surface area (Å²) >= 11 is 1.34. The van der Waals surface area contributed by atoms with Gasteiger partial charge in [-0.1, -0.05) is 36.0 Å². The van der Waals surface area contributed by atoms with E-state index in [1.54, 1.807) is 11.6 Å². The van der Waals surface area contributed by atoms with E-state index in [1.165, 1.54) is 18.2 Å². The Kier molecular flexibility index (Phi) is 4.68. The normalized spacial score (nSPS) is 14.9. The van der Waals surface area contributed by atoms with E-state index in [2.05, 4.69) is 4.98 Å². The highest BCUT2D eigenvalue weighted by atomic mass is 32.2. The molecular formula is C20H21N3O2S. The third kappa shape index (κ3) is 3.21. The van der Waals surface area contributed by atoms with Gasteiger partial charge in [-0.3, -0.25) is 14.2 Å². The predicted octanol–water partition coefficient (Wildman–Crippen LogP) is 3.19. The maximum absolute atomic E-state index is 12.8. The fourth-order valence-electron chi connectivity index (χ4n) is 3.43. The summed E-state index contributed by atoms with van der Waals surface area (Å²) in [4.78, 5) is 31.7. The quantitative estimate of drug-likeness (QED) is 0.405. The molecule has 0 N–H and O–H groups in total. The fraction of sp³-hybridized carbons (Fsp3) is 0.350.